The summed E-state index contributed by atoms with van der Waals surface area (Å²) in [5.41, 5.74) is 3.49. The first-order valence-electron chi connectivity index (χ1n) is 12.2. The molecule has 184 valence electrons. The van der Waals surface area contributed by atoms with Gasteiger partial charge in [-0.2, -0.15) is 0 Å². The molecule has 0 saturated carbocycles. The highest BCUT2D eigenvalue weighted by molar-refractivity contribution is 6.05. The highest BCUT2D eigenvalue weighted by atomic mass is 16.5. The van der Waals surface area contributed by atoms with Crippen molar-refractivity contribution in [2.24, 2.45) is 0 Å². The number of ether oxygens (including phenoxy) is 1. The summed E-state index contributed by atoms with van der Waals surface area (Å²) in [6, 6.07) is 13.1. The van der Waals surface area contributed by atoms with Gasteiger partial charge in [0.25, 0.3) is 5.91 Å². The first-order chi connectivity index (χ1) is 17.1. The van der Waals surface area contributed by atoms with Crippen LogP contribution in [0.3, 0.4) is 0 Å². The van der Waals surface area contributed by atoms with Gasteiger partial charge < -0.3 is 20.3 Å². The predicted octanol–water partition coefficient (Wildman–Crippen LogP) is 1.34. The fourth-order valence-electron chi connectivity index (χ4n) is 4.89. The molecule has 0 aromatic heterocycles. The lowest BCUT2D eigenvalue weighted by atomic mass is 10.0. The largest absolute Gasteiger partial charge is 0.490 e. The number of anilines is 1. The second kappa shape index (κ2) is 10.5. The minimum atomic E-state index is -0.598. The Balaban J connectivity index is 1.19. The molecular formula is C26H31N5O4. The van der Waals surface area contributed by atoms with Gasteiger partial charge in [0.15, 0.2) is 0 Å². The predicted molar refractivity (Wildman–Crippen MR) is 131 cm³/mol. The van der Waals surface area contributed by atoms with Crippen molar-refractivity contribution in [3.63, 3.8) is 0 Å². The number of carbonyl (C=O) groups excluding carboxylic acids is 3. The van der Waals surface area contributed by atoms with Crippen LogP contribution in [0.5, 0.6) is 5.75 Å². The van der Waals surface area contributed by atoms with E-state index in [0.29, 0.717) is 31.7 Å². The molecule has 2 aromatic rings. The first kappa shape index (κ1) is 23.3. The molecule has 3 aliphatic heterocycles. The lowest BCUT2D eigenvalue weighted by molar-refractivity contribution is -0.136. The van der Waals surface area contributed by atoms with Crippen LogP contribution in [-0.4, -0.2) is 72.9 Å². The van der Waals surface area contributed by atoms with Gasteiger partial charge in [-0.3, -0.25) is 24.6 Å². The van der Waals surface area contributed by atoms with Crippen molar-refractivity contribution in [2.75, 3.05) is 44.6 Å². The van der Waals surface area contributed by atoms with E-state index in [9.17, 15) is 14.4 Å². The summed E-state index contributed by atoms with van der Waals surface area (Å²) in [7, 11) is 0. The number of amides is 3. The van der Waals surface area contributed by atoms with E-state index in [-0.39, 0.29) is 18.2 Å². The molecule has 3 amide bonds. The van der Waals surface area contributed by atoms with Crippen LogP contribution in [0.1, 0.15) is 34.3 Å². The van der Waals surface area contributed by atoms with E-state index in [4.69, 9.17) is 4.74 Å². The molecule has 0 bridgehead atoms. The van der Waals surface area contributed by atoms with Gasteiger partial charge in [0.1, 0.15) is 18.4 Å². The van der Waals surface area contributed by atoms with Crippen molar-refractivity contribution in [2.45, 2.75) is 32.0 Å². The fraction of sp³-hybridized carbons (Fsp3) is 0.423. The van der Waals surface area contributed by atoms with Crippen molar-refractivity contribution >= 4 is 23.4 Å². The number of hydrogen-bond acceptors (Lipinski definition) is 7. The van der Waals surface area contributed by atoms with E-state index < -0.39 is 11.9 Å². The zero-order valence-electron chi connectivity index (χ0n) is 19.7. The Kier molecular flexibility index (Phi) is 6.96. The van der Waals surface area contributed by atoms with Gasteiger partial charge in [-0.15, -0.1) is 0 Å². The number of piperidine rings is 1. The zero-order chi connectivity index (χ0) is 24.2. The molecular weight excluding hydrogens is 446 g/mol. The van der Waals surface area contributed by atoms with Gasteiger partial charge in [0, 0.05) is 57.8 Å². The molecule has 2 saturated heterocycles. The van der Waals surface area contributed by atoms with Gasteiger partial charge in [-0.25, -0.2) is 0 Å². The summed E-state index contributed by atoms with van der Waals surface area (Å²) in [4.78, 5) is 40.6. The molecule has 9 nitrogen and oxygen atoms in total. The summed E-state index contributed by atoms with van der Waals surface area (Å²) >= 11 is 0. The average molecular weight is 478 g/mol. The Labute approximate surface area is 204 Å². The van der Waals surface area contributed by atoms with Gasteiger partial charge in [-0.1, -0.05) is 24.3 Å². The maximum absolute atomic E-state index is 12.9. The van der Waals surface area contributed by atoms with Gasteiger partial charge >= 0.3 is 0 Å². The summed E-state index contributed by atoms with van der Waals surface area (Å²) in [5.74, 6) is -0.00470. The van der Waals surface area contributed by atoms with Crippen molar-refractivity contribution in [1.29, 1.82) is 0 Å². The number of hydrogen-bond donors (Lipinski definition) is 3. The second-order valence-electron chi connectivity index (χ2n) is 9.18. The molecule has 0 radical (unpaired) electrons. The number of nitrogens with one attached hydrogen (secondary N) is 3. The minimum Gasteiger partial charge on any atom is -0.490 e. The molecule has 5 rings (SSSR count). The van der Waals surface area contributed by atoms with E-state index in [1.165, 1.54) is 0 Å². The van der Waals surface area contributed by atoms with Crippen LogP contribution in [0.4, 0.5) is 5.69 Å². The smallest absolute Gasteiger partial charge is 0.255 e. The second-order valence-corrected chi connectivity index (χ2v) is 9.18. The standard InChI is InChI=1S/C26H31N5O4/c32-24-8-7-22(25(33)29-24)31-17-19-15-18(5-6-20(19)26(31)34)16-28-21-3-1-2-4-23(21)35-14-13-30-11-9-27-10-12-30/h1-6,15,22,27-28H,7-14,16-17H2,(H,29,32,33). The molecule has 0 aliphatic carbocycles. The SMILES string of the molecule is O=C1CCC(N2Cc3cc(CNc4ccccc4OCCN4CCNCC4)ccc3C2=O)C(=O)N1. The van der Waals surface area contributed by atoms with E-state index >= 15 is 0 Å². The van der Waals surface area contributed by atoms with Crippen LogP contribution in [0.15, 0.2) is 42.5 Å². The number of carbonyl (C=O) groups is 3. The van der Waals surface area contributed by atoms with Crippen molar-refractivity contribution in [3.05, 3.63) is 59.2 Å². The summed E-state index contributed by atoms with van der Waals surface area (Å²) in [6.45, 7) is 6.63. The molecule has 35 heavy (non-hydrogen) atoms. The van der Waals surface area contributed by atoms with Crippen LogP contribution in [-0.2, 0) is 22.7 Å². The van der Waals surface area contributed by atoms with Crippen molar-refractivity contribution in [1.82, 2.24) is 20.4 Å². The molecule has 3 aliphatic rings. The molecule has 3 heterocycles. The Bertz CT molecular complexity index is 1110. The Hall–Kier alpha value is -3.43. The lowest BCUT2D eigenvalue weighted by Gasteiger charge is -2.29. The number of piperazine rings is 1. The van der Waals surface area contributed by atoms with Crippen LogP contribution in [0, 0.1) is 0 Å². The monoisotopic (exact) mass is 477 g/mol. The van der Waals surface area contributed by atoms with Crippen molar-refractivity contribution in [3.8, 4) is 5.75 Å². The quantitative estimate of drug-likeness (QED) is 0.493. The highest BCUT2D eigenvalue weighted by Gasteiger charge is 2.39. The number of para-hydroxylation sites is 2. The minimum absolute atomic E-state index is 0.155. The van der Waals surface area contributed by atoms with Crippen molar-refractivity contribution < 1.29 is 19.1 Å². The lowest BCUT2D eigenvalue weighted by Crippen LogP contribution is -2.52. The summed E-state index contributed by atoms with van der Waals surface area (Å²) in [6.07, 6.45) is 0.618. The third-order valence-corrected chi connectivity index (χ3v) is 6.83. The topological polar surface area (TPSA) is 103 Å². The Morgan fingerprint density at radius 3 is 2.71 bits per heavy atom. The van der Waals surface area contributed by atoms with Gasteiger partial charge in [0.2, 0.25) is 11.8 Å². The third-order valence-electron chi connectivity index (χ3n) is 6.83. The summed E-state index contributed by atoms with van der Waals surface area (Å²) in [5, 5.41) is 9.16. The van der Waals surface area contributed by atoms with Crippen LogP contribution in [0.2, 0.25) is 0 Å². The van der Waals surface area contributed by atoms with E-state index in [1.807, 2.05) is 42.5 Å². The van der Waals surface area contributed by atoms with Crippen LogP contribution < -0.4 is 20.7 Å². The third kappa shape index (κ3) is 5.31. The van der Waals surface area contributed by atoms with Crippen LogP contribution >= 0.6 is 0 Å². The zero-order valence-corrected chi connectivity index (χ0v) is 19.7. The molecule has 2 fully saturated rings. The molecule has 2 aromatic carbocycles. The number of benzene rings is 2. The van der Waals surface area contributed by atoms with E-state index in [1.54, 1.807) is 4.90 Å². The van der Waals surface area contributed by atoms with Gasteiger partial charge in [-0.05, 0) is 35.7 Å². The molecule has 3 N–H and O–H groups in total. The van der Waals surface area contributed by atoms with E-state index in [0.717, 1.165) is 55.3 Å². The van der Waals surface area contributed by atoms with Crippen LogP contribution in [0.25, 0.3) is 0 Å². The number of rotatable bonds is 8. The molecule has 1 atom stereocenters. The number of imide groups is 1. The maximum Gasteiger partial charge on any atom is 0.255 e. The molecule has 1 unspecified atom stereocenters. The first-order valence-corrected chi connectivity index (χ1v) is 12.2. The number of nitrogens with zero attached hydrogens (tertiary/aromatic N) is 2. The Morgan fingerprint density at radius 2 is 1.89 bits per heavy atom. The average Bonchev–Trinajstić information content (AvgIpc) is 3.19. The summed E-state index contributed by atoms with van der Waals surface area (Å²) < 4.78 is 6.08. The molecule has 9 heteroatoms. The Morgan fingerprint density at radius 1 is 1.06 bits per heavy atom. The van der Waals surface area contributed by atoms with Gasteiger partial charge in [0.05, 0.1) is 5.69 Å². The van der Waals surface area contributed by atoms with E-state index in [2.05, 4.69) is 20.9 Å². The highest BCUT2D eigenvalue weighted by Crippen LogP contribution is 2.29. The molecule has 0 spiro atoms. The fourth-order valence-corrected chi connectivity index (χ4v) is 4.89. The normalized spacial score (nSPS) is 20.5. The maximum atomic E-state index is 12.9. The number of fused-ring (bicyclic) bond motifs is 1.